The first-order valence-electron chi connectivity index (χ1n) is 7.52. The second-order valence-corrected chi connectivity index (χ2v) is 7.81. The molecule has 0 radical (unpaired) electrons. The van der Waals surface area contributed by atoms with Gasteiger partial charge in [0.05, 0.1) is 12.1 Å². The number of alkyl carbamates (subject to hydrolysis) is 1. The number of hydrogen-bond donors (Lipinski definition) is 2. The Morgan fingerprint density at radius 1 is 1.30 bits per heavy atom. The summed E-state index contributed by atoms with van der Waals surface area (Å²) < 4.78 is 5.27. The van der Waals surface area contributed by atoms with Crippen molar-refractivity contribution >= 4 is 22.0 Å². The molecular weight excluding hydrogens is 322 g/mol. The summed E-state index contributed by atoms with van der Waals surface area (Å²) in [5, 5.41) is 12.8. The molecule has 0 saturated heterocycles. The summed E-state index contributed by atoms with van der Waals surface area (Å²) in [5.41, 5.74) is -0.528. The van der Waals surface area contributed by atoms with Crippen LogP contribution in [0.15, 0.2) is 0 Å². The summed E-state index contributed by atoms with van der Waals surface area (Å²) in [5.74, 6) is 0.498. The van der Waals surface area contributed by atoms with E-state index in [-0.39, 0.29) is 10.9 Å². The molecule has 0 aromatic rings. The van der Waals surface area contributed by atoms with Crippen LogP contribution in [0.25, 0.3) is 0 Å². The lowest BCUT2D eigenvalue weighted by atomic mass is 9.84. The molecule has 0 heterocycles. The maximum atomic E-state index is 11.9. The topological polar surface area (TPSA) is 58.6 Å². The minimum absolute atomic E-state index is 0.0790. The van der Waals surface area contributed by atoms with E-state index < -0.39 is 17.8 Å². The number of aliphatic hydroxyl groups excluding tert-OH is 1. The summed E-state index contributed by atoms with van der Waals surface area (Å²) in [6.07, 6.45) is 4.95. The van der Waals surface area contributed by atoms with Crippen LogP contribution < -0.4 is 5.32 Å². The summed E-state index contributed by atoms with van der Waals surface area (Å²) in [4.78, 5) is 12.0. The maximum absolute atomic E-state index is 11.9. The van der Waals surface area contributed by atoms with Crippen molar-refractivity contribution in [3.8, 4) is 0 Å². The van der Waals surface area contributed by atoms with Crippen LogP contribution in [-0.4, -0.2) is 33.8 Å². The Bertz CT molecular complexity index is 309. The number of amides is 1. The molecule has 0 aliphatic heterocycles. The van der Waals surface area contributed by atoms with Gasteiger partial charge in [-0.15, -0.1) is 0 Å². The minimum Gasteiger partial charge on any atom is -0.444 e. The first kappa shape index (κ1) is 17.8. The standard InChI is InChI=1S/C15H28BrNO3/c1-10(18)13(17-14(19)20-15(2,3)4)12(16)11-8-6-5-7-9-11/h10-13,18H,5-9H2,1-4H3,(H,17,19)/t10-,12-,13+/m0/s1. The highest BCUT2D eigenvalue weighted by Crippen LogP contribution is 2.32. The number of ether oxygens (including phenoxy) is 1. The molecule has 1 saturated carbocycles. The highest BCUT2D eigenvalue weighted by molar-refractivity contribution is 9.09. The number of aliphatic hydroxyl groups is 1. The van der Waals surface area contributed by atoms with Crippen molar-refractivity contribution in [3.05, 3.63) is 0 Å². The summed E-state index contributed by atoms with van der Waals surface area (Å²) in [7, 11) is 0. The Morgan fingerprint density at radius 2 is 1.85 bits per heavy atom. The van der Waals surface area contributed by atoms with Crippen molar-refractivity contribution in [1.29, 1.82) is 0 Å². The van der Waals surface area contributed by atoms with Gasteiger partial charge in [-0.1, -0.05) is 35.2 Å². The second-order valence-electron chi connectivity index (χ2n) is 6.76. The number of nitrogens with one attached hydrogen (secondary N) is 1. The van der Waals surface area contributed by atoms with Crippen LogP contribution in [-0.2, 0) is 4.74 Å². The molecule has 1 aliphatic carbocycles. The van der Waals surface area contributed by atoms with Crippen LogP contribution in [0.4, 0.5) is 4.79 Å². The third-order valence-electron chi connectivity index (χ3n) is 3.65. The van der Waals surface area contributed by atoms with E-state index in [2.05, 4.69) is 21.2 Å². The Balaban J connectivity index is 2.61. The lowest BCUT2D eigenvalue weighted by Gasteiger charge is -2.34. The lowest BCUT2D eigenvalue weighted by molar-refractivity contribution is 0.0420. The van der Waals surface area contributed by atoms with Crippen LogP contribution in [0, 0.1) is 5.92 Å². The molecule has 5 heteroatoms. The fourth-order valence-corrected chi connectivity index (χ4v) is 3.76. The van der Waals surface area contributed by atoms with Gasteiger partial charge in [-0.3, -0.25) is 0 Å². The van der Waals surface area contributed by atoms with Gasteiger partial charge >= 0.3 is 6.09 Å². The normalized spacial score (nSPS) is 21.9. The third-order valence-corrected chi connectivity index (χ3v) is 4.96. The molecule has 3 atom stereocenters. The highest BCUT2D eigenvalue weighted by atomic mass is 79.9. The first-order chi connectivity index (χ1) is 9.20. The maximum Gasteiger partial charge on any atom is 0.407 e. The average Bonchev–Trinajstić information content (AvgIpc) is 2.34. The highest BCUT2D eigenvalue weighted by Gasteiger charge is 2.33. The van der Waals surface area contributed by atoms with E-state index in [9.17, 15) is 9.90 Å². The van der Waals surface area contributed by atoms with Crippen LogP contribution >= 0.6 is 15.9 Å². The van der Waals surface area contributed by atoms with Crippen molar-refractivity contribution in [1.82, 2.24) is 5.32 Å². The van der Waals surface area contributed by atoms with Crippen molar-refractivity contribution < 1.29 is 14.6 Å². The zero-order valence-electron chi connectivity index (χ0n) is 13.0. The molecule has 0 aromatic heterocycles. The number of carbonyl (C=O) groups is 1. The monoisotopic (exact) mass is 349 g/mol. The van der Waals surface area contributed by atoms with E-state index in [0.29, 0.717) is 5.92 Å². The lowest BCUT2D eigenvalue weighted by Crippen LogP contribution is -2.51. The third kappa shape index (κ3) is 6.00. The van der Waals surface area contributed by atoms with E-state index in [1.165, 1.54) is 19.3 Å². The Kier molecular flexibility index (Phi) is 6.79. The van der Waals surface area contributed by atoms with E-state index in [4.69, 9.17) is 4.74 Å². The number of halogens is 1. The van der Waals surface area contributed by atoms with Crippen LogP contribution in [0.5, 0.6) is 0 Å². The molecule has 20 heavy (non-hydrogen) atoms. The zero-order valence-corrected chi connectivity index (χ0v) is 14.6. The van der Waals surface area contributed by atoms with E-state index in [1.807, 2.05) is 20.8 Å². The van der Waals surface area contributed by atoms with E-state index in [0.717, 1.165) is 12.8 Å². The van der Waals surface area contributed by atoms with Crippen molar-refractivity contribution in [2.75, 3.05) is 0 Å². The predicted molar refractivity (Wildman–Crippen MR) is 84.1 cm³/mol. The molecule has 1 amide bonds. The van der Waals surface area contributed by atoms with Gasteiger partial charge in [-0.05, 0) is 46.5 Å². The molecule has 1 fully saturated rings. The summed E-state index contributed by atoms with van der Waals surface area (Å²) >= 11 is 3.68. The predicted octanol–water partition coefficient (Wildman–Crippen LogP) is 3.60. The van der Waals surface area contributed by atoms with Gasteiger partial charge in [0.1, 0.15) is 5.60 Å². The first-order valence-corrected chi connectivity index (χ1v) is 8.44. The number of carbonyl (C=O) groups excluding carboxylic acids is 1. The van der Waals surface area contributed by atoms with Crippen LogP contribution in [0.3, 0.4) is 0 Å². The van der Waals surface area contributed by atoms with Crippen molar-refractivity contribution in [2.24, 2.45) is 5.92 Å². The van der Waals surface area contributed by atoms with Gasteiger partial charge < -0.3 is 15.2 Å². The number of hydrogen-bond acceptors (Lipinski definition) is 3. The molecule has 0 unspecified atom stereocenters. The van der Waals surface area contributed by atoms with E-state index >= 15 is 0 Å². The smallest absolute Gasteiger partial charge is 0.407 e. The van der Waals surface area contributed by atoms with Gasteiger partial charge in [0.15, 0.2) is 0 Å². The molecule has 1 aliphatic rings. The van der Waals surface area contributed by atoms with Gasteiger partial charge in [-0.25, -0.2) is 4.79 Å². The van der Waals surface area contributed by atoms with Gasteiger partial charge in [0.2, 0.25) is 0 Å². The Hall–Kier alpha value is -0.290. The van der Waals surface area contributed by atoms with Gasteiger partial charge in [-0.2, -0.15) is 0 Å². The number of alkyl halides is 1. The van der Waals surface area contributed by atoms with Gasteiger partial charge in [0, 0.05) is 4.83 Å². The van der Waals surface area contributed by atoms with Crippen LogP contribution in [0.2, 0.25) is 0 Å². The molecule has 1 rings (SSSR count). The average molecular weight is 350 g/mol. The fraction of sp³-hybridized carbons (Fsp3) is 0.933. The minimum atomic E-state index is -0.617. The number of rotatable bonds is 4. The molecular formula is C15H28BrNO3. The largest absolute Gasteiger partial charge is 0.444 e. The Morgan fingerprint density at radius 3 is 2.30 bits per heavy atom. The van der Waals surface area contributed by atoms with Gasteiger partial charge in [0.25, 0.3) is 0 Å². The molecule has 118 valence electrons. The molecule has 0 bridgehead atoms. The quantitative estimate of drug-likeness (QED) is 0.762. The summed E-state index contributed by atoms with van der Waals surface area (Å²) in [6, 6.07) is -0.326. The molecule has 0 spiro atoms. The summed E-state index contributed by atoms with van der Waals surface area (Å²) in [6.45, 7) is 7.20. The zero-order chi connectivity index (χ0) is 15.3. The SMILES string of the molecule is C[C@H](O)[C@@H](NC(=O)OC(C)(C)C)[C@@H](Br)C1CCCCC1. The van der Waals surface area contributed by atoms with Crippen molar-refractivity contribution in [2.45, 2.75) is 82.4 Å². The second kappa shape index (κ2) is 7.64. The molecule has 0 aromatic carbocycles. The fourth-order valence-electron chi connectivity index (χ4n) is 2.66. The van der Waals surface area contributed by atoms with Crippen LogP contribution in [0.1, 0.15) is 59.8 Å². The Labute approximate surface area is 130 Å². The molecule has 4 nitrogen and oxygen atoms in total. The van der Waals surface area contributed by atoms with E-state index in [1.54, 1.807) is 6.92 Å². The molecule has 2 N–H and O–H groups in total. The van der Waals surface area contributed by atoms with Crippen molar-refractivity contribution in [3.63, 3.8) is 0 Å².